The Morgan fingerprint density at radius 3 is 2.78 bits per heavy atom. The van der Waals surface area contributed by atoms with Crippen LogP contribution < -0.4 is 10.6 Å². The molecule has 27 heavy (non-hydrogen) atoms. The first-order valence-corrected chi connectivity index (χ1v) is 9.32. The molecule has 0 amide bonds. The summed E-state index contributed by atoms with van der Waals surface area (Å²) in [6.07, 6.45) is -1.88. The van der Waals surface area contributed by atoms with Gasteiger partial charge in [-0.1, -0.05) is 31.2 Å². The molecule has 8 heteroatoms. The summed E-state index contributed by atoms with van der Waals surface area (Å²) in [7, 11) is 1.73. The van der Waals surface area contributed by atoms with Crippen LogP contribution >= 0.6 is 0 Å². The number of likely N-dealkylation sites (tertiary alicyclic amines) is 1. The first-order valence-electron chi connectivity index (χ1n) is 9.32. The van der Waals surface area contributed by atoms with Crippen molar-refractivity contribution in [3.63, 3.8) is 0 Å². The van der Waals surface area contributed by atoms with Gasteiger partial charge in [0.2, 0.25) is 0 Å². The number of alkyl halides is 3. The summed E-state index contributed by atoms with van der Waals surface area (Å²) in [6, 6.07) is 7.86. The largest absolute Gasteiger partial charge is 0.411 e. The highest BCUT2D eigenvalue weighted by Crippen LogP contribution is 2.16. The zero-order valence-corrected chi connectivity index (χ0v) is 16.0. The van der Waals surface area contributed by atoms with Crippen molar-refractivity contribution in [3.8, 4) is 0 Å². The third-order valence-electron chi connectivity index (χ3n) is 4.62. The zero-order valence-electron chi connectivity index (χ0n) is 16.0. The molecule has 1 saturated heterocycles. The van der Waals surface area contributed by atoms with Crippen molar-refractivity contribution in [2.45, 2.75) is 45.1 Å². The standard InChI is InChI=1S/C19H29F3N4O/c1-3-26-9-5-8-17(26)12-25-18(23-2)24-11-15-6-4-7-16(10-15)13-27-14-19(20,21)22/h4,6-7,10,17H,3,5,8-9,11-14H2,1-2H3,(H2,23,24,25). The number of aliphatic imine (C=N–C) groups is 1. The molecule has 1 atom stereocenters. The number of halogens is 3. The van der Waals surface area contributed by atoms with E-state index in [2.05, 4.69) is 27.4 Å². The van der Waals surface area contributed by atoms with Crippen molar-refractivity contribution in [2.24, 2.45) is 4.99 Å². The monoisotopic (exact) mass is 386 g/mol. The second-order valence-electron chi connectivity index (χ2n) is 6.66. The van der Waals surface area contributed by atoms with E-state index in [9.17, 15) is 13.2 Å². The van der Waals surface area contributed by atoms with Crippen LogP contribution in [0.25, 0.3) is 0 Å². The van der Waals surface area contributed by atoms with Crippen molar-refractivity contribution in [2.75, 3.05) is 33.3 Å². The number of guanidine groups is 1. The summed E-state index contributed by atoms with van der Waals surface area (Å²) in [4.78, 5) is 6.70. The normalized spacial score (nSPS) is 18.7. The van der Waals surface area contributed by atoms with Crippen molar-refractivity contribution in [1.82, 2.24) is 15.5 Å². The Hall–Kier alpha value is -1.80. The molecule has 0 aliphatic carbocycles. The molecule has 1 heterocycles. The van der Waals surface area contributed by atoms with Gasteiger partial charge in [-0.05, 0) is 37.1 Å². The molecular weight excluding hydrogens is 357 g/mol. The minimum atomic E-state index is -4.30. The molecule has 2 rings (SSSR count). The van der Waals surface area contributed by atoms with E-state index >= 15 is 0 Å². The van der Waals surface area contributed by atoms with E-state index < -0.39 is 12.8 Å². The number of hydrogen-bond acceptors (Lipinski definition) is 3. The number of likely N-dealkylation sites (N-methyl/N-ethyl adjacent to an activating group) is 1. The van der Waals surface area contributed by atoms with E-state index in [1.165, 1.54) is 12.8 Å². The van der Waals surface area contributed by atoms with Gasteiger partial charge in [-0.15, -0.1) is 0 Å². The Labute approximate surface area is 159 Å². The van der Waals surface area contributed by atoms with Crippen LogP contribution in [0, 0.1) is 0 Å². The SMILES string of the molecule is CCN1CCCC1CNC(=NC)NCc1cccc(COCC(F)(F)F)c1. The van der Waals surface area contributed by atoms with Crippen LogP contribution in [0.4, 0.5) is 13.2 Å². The van der Waals surface area contributed by atoms with Gasteiger partial charge in [0.05, 0.1) is 6.61 Å². The highest BCUT2D eigenvalue weighted by atomic mass is 19.4. The van der Waals surface area contributed by atoms with Gasteiger partial charge >= 0.3 is 6.18 Å². The van der Waals surface area contributed by atoms with E-state index in [0.717, 1.165) is 31.2 Å². The van der Waals surface area contributed by atoms with Crippen molar-refractivity contribution < 1.29 is 17.9 Å². The fraction of sp³-hybridized carbons (Fsp3) is 0.632. The number of benzene rings is 1. The molecule has 0 saturated carbocycles. The van der Waals surface area contributed by atoms with Crippen LogP contribution in [0.2, 0.25) is 0 Å². The molecule has 0 radical (unpaired) electrons. The van der Waals surface area contributed by atoms with Gasteiger partial charge < -0.3 is 15.4 Å². The molecule has 1 aromatic rings. The lowest BCUT2D eigenvalue weighted by Crippen LogP contribution is -2.44. The van der Waals surface area contributed by atoms with Crippen LogP contribution in [-0.4, -0.2) is 56.4 Å². The van der Waals surface area contributed by atoms with E-state index in [0.29, 0.717) is 18.2 Å². The highest BCUT2D eigenvalue weighted by molar-refractivity contribution is 5.79. The first kappa shape index (κ1) is 21.5. The smallest absolute Gasteiger partial charge is 0.367 e. The molecule has 1 aliphatic rings. The van der Waals surface area contributed by atoms with Gasteiger partial charge in [-0.25, -0.2) is 0 Å². The van der Waals surface area contributed by atoms with Gasteiger partial charge in [-0.2, -0.15) is 13.2 Å². The van der Waals surface area contributed by atoms with Crippen LogP contribution in [0.1, 0.15) is 30.9 Å². The molecule has 0 spiro atoms. The minimum Gasteiger partial charge on any atom is -0.367 e. The summed E-state index contributed by atoms with van der Waals surface area (Å²) in [5, 5.41) is 6.61. The molecule has 5 nitrogen and oxygen atoms in total. The van der Waals surface area contributed by atoms with E-state index in [1.54, 1.807) is 13.1 Å². The Balaban J connectivity index is 1.77. The van der Waals surface area contributed by atoms with Gasteiger partial charge in [-0.3, -0.25) is 9.89 Å². The highest BCUT2D eigenvalue weighted by Gasteiger charge is 2.27. The lowest BCUT2D eigenvalue weighted by atomic mass is 10.1. The Bertz CT molecular complexity index is 607. The second kappa shape index (κ2) is 10.5. The molecule has 0 bridgehead atoms. The Morgan fingerprint density at radius 1 is 1.30 bits per heavy atom. The molecule has 2 N–H and O–H groups in total. The lowest BCUT2D eigenvalue weighted by molar-refractivity contribution is -0.176. The fourth-order valence-electron chi connectivity index (χ4n) is 3.28. The van der Waals surface area contributed by atoms with Crippen LogP contribution in [0.5, 0.6) is 0 Å². The average Bonchev–Trinajstić information content (AvgIpc) is 3.09. The number of nitrogens with zero attached hydrogens (tertiary/aromatic N) is 2. The first-order chi connectivity index (χ1) is 12.9. The van der Waals surface area contributed by atoms with Crippen LogP contribution in [0.15, 0.2) is 29.3 Å². The van der Waals surface area contributed by atoms with E-state index in [-0.39, 0.29) is 6.61 Å². The van der Waals surface area contributed by atoms with Crippen molar-refractivity contribution in [1.29, 1.82) is 0 Å². The van der Waals surface area contributed by atoms with Gasteiger partial charge in [0.1, 0.15) is 6.61 Å². The number of nitrogens with one attached hydrogen (secondary N) is 2. The third kappa shape index (κ3) is 7.76. The molecule has 1 unspecified atom stereocenters. The molecule has 1 fully saturated rings. The number of ether oxygens (including phenoxy) is 1. The summed E-state index contributed by atoms with van der Waals surface area (Å²) in [6.45, 7) is 4.47. The number of hydrogen-bond donors (Lipinski definition) is 2. The maximum Gasteiger partial charge on any atom is 0.411 e. The van der Waals surface area contributed by atoms with E-state index in [4.69, 9.17) is 4.74 Å². The average molecular weight is 386 g/mol. The topological polar surface area (TPSA) is 48.9 Å². The molecule has 152 valence electrons. The molecule has 1 aromatic carbocycles. The Kier molecular flexibility index (Phi) is 8.37. The number of rotatable bonds is 8. The second-order valence-corrected chi connectivity index (χ2v) is 6.66. The summed E-state index contributed by atoms with van der Waals surface area (Å²) < 4.78 is 41.2. The quantitative estimate of drug-likeness (QED) is 0.533. The van der Waals surface area contributed by atoms with Crippen LogP contribution in [-0.2, 0) is 17.9 Å². The maximum absolute atomic E-state index is 12.2. The minimum absolute atomic E-state index is 0.0607. The Morgan fingerprint density at radius 2 is 2.07 bits per heavy atom. The predicted molar refractivity (Wildman–Crippen MR) is 101 cm³/mol. The zero-order chi connectivity index (χ0) is 19.7. The summed E-state index contributed by atoms with van der Waals surface area (Å²) >= 11 is 0. The van der Waals surface area contributed by atoms with Gasteiger partial charge in [0.15, 0.2) is 5.96 Å². The lowest BCUT2D eigenvalue weighted by Gasteiger charge is -2.24. The summed E-state index contributed by atoms with van der Waals surface area (Å²) in [5.74, 6) is 0.719. The van der Waals surface area contributed by atoms with Crippen molar-refractivity contribution >= 4 is 5.96 Å². The predicted octanol–water partition coefficient (Wildman–Crippen LogP) is 2.91. The fourth-order valence-corrected chi connectivity index (χ4v) is 3.28. The summed E-state index contributed by atoms with van der Waals surface area (Å²) in [5.41, 5.74) is 1.67. The molecule has 0 aromatic heterocycles. The van der Waals surface area contributed by atoms with Crippen LogP contribution in [0.3, 0.4) is 0 Å². The molecular formula is C19H29F3N4O. The van der Waals surface area contributed by atoms with Gasteiger partial charge in [0, 0.05) is 26.2 Å². The van der Waals surface area contributed by atoms with Gasteiger partial charge in [0.25, 0.3) is 0 Å². The maximum atomic E-state index is 12.2. The van der Waals surface area contributed by atoms with E-state index in [1.807, 2.05) is 18.2 Å². The molecule has 1 aliphatic heterocycles. The van der Waals surface area contributed by atoms with Crippen molar-refractivity contribution in [3.05, 3.63) is 35.4 Å². The third-order valence-corrected chi connectivity index (χ3v) is 4.62.